The van der Waals surface area contributed by atoms with Gasteiger partial charge in [0, 0.05) is 21.7 Å². The molecule has 1 aliphatic rings. The molecule has 1 aliphatic heterocycles. The summed E-state index contributed by atoms with van der Waals surface area (Å²) < 4.78 is 14.3. The number of carbonyl (C=O) groups excluding carboxylic acids is 2. The number of hydrogen-bond acceptors (Lipinski definition) is 3. The molecule has 0 saturated carbocycles. The molecule has 4 aromatic carbocycles. The van der Waals surface area contributed by atoms with Crippen molar-refractivity contribution in [3.63, 3.8) is 0 Å². The molecule has 0 bridgehead atoms. The fourth-order valence-electron chi connectivity index (χ4n) is 3.99. The van der Waals surface area contributed by atoms with E-state index in [0.29, 0.717) is 16.3 Å². The number of halogens is 2. The second-order valence-corrected chi connectivity index (χ2v) is 8.13. The Morgan fingerprint density at radius 1 is 0.788 bits per heavy atom. The van der Waals surface area contributed by atoms with Crippen molar-refractivity contribution in [2.75, 3.05) is 5.32 Å². The largest absolute Gasteiger partial charge is 0.350 e. The molecule has 1 N–H and O–H groups in total. The number of carbonyl (C=O) groups is 2. The number of nitrogens with one attached hydrogen (secondary N) is 1. The van der Waals surface area contributed by atoms with E-state index in [1.807, 2.05) is 42.5 Å². The van der Waals surface area contributed by atoms with Gasteiger partial charge in [0.15, 0.2) is 0 Å². The molecule has 6 heteroatoms. The van der Waals surface area contributed by atoms with Gasteiger partial charge in [0.1, 0.15) is 11.5 Å². The maximum absolute atomic E-state index is 14.3. The van der Waals surface area contributed by atoms with Crippen LogP contribution in [0.3, 0.4) is 0 Å². The zero-order valence-corrected chi connectivity index (χ0v) is 18.1. The smallest absolute Gasteiger partial charge is 0.278 e. The molecule has 0 spiro atoms. The van der Waals surface area contributed by atoms with Gasteiger partial charge >= 0.3 is 0 Å². The summed E-state index contributed by atoms with van der Waals surface area (Å²) in [6, 6.07) is 26.3. The predicted molar refractivity (Wildman–Crippen MR) is 128 cm³/mol. The molecule has 5 rings (SSSR count). The third-order valence-electron chi connectivity index (χ3n) is 5.64. The van der Waals surface area contributed by atoms with Crippen molar-refractivity contribution in [3.8, 4) is 0 Å². The highest BCUT2D eigenvalue weighted by molar-refractivity contribution is 6.37. The standard InChI is InChI=1S/C27H18ClFN2O2/c28-20-14-12-18(13-15-20)24-25(30-23-11-5-8-17-6-1-3-9-21(17)23)27(33)31(26(24)32)16-19-7-2-4-10-22(19)29/h1-15,30H,16H2. The molecule has 0 unspecified atom stereocenters. The summed E-state index contributed by atoms with van der Waals surface area (Å²) in [5.41, 5.74) is 1.89. The first-order valence-corrected chi connectivity index (χ1v) is 10.8. The summed E-state index contributed by atoms with van der Waals surface area (Å²) in [5.74, 6) is -1.48. The zero-order valence-electron chi connectivity index (χ0n) is 17.4. The molecule has 0 aromatic heterocycles. The molecule has 0 atom stereocenters. The Bertz CT molecular complexity index is 1420. The van der Waals surface area contributed by atoms with Gasteiger partial charge in [-0.05, 0) is 35.2 Å². The van der Waals surface area contributed by atoms with E-state index in [1.54, 1.807) is 42.5 Å². The van der Waals surface area contributed by atoms with Crippen LogP contribution in [-0.4, -0.2) is 16.7 Å². The van der Waals surface area contributed by atoms with E-state index in [2.05, 4.69) is 5.32 Å². The molecule has 0 saturated heterocycles. The number of nitrogens with zero attached hydrogens (tertiary/aromatic N) is 1. The van der Waals surface area contributed by atoms with Gasteiger partial charge in [-0.1, -0.05) is 78.3 Å². The minimum atomic E-state index is -0.513. The van der Waals surface area contributed by atoms with Gasteiger partial charge in [0.25, 0.3) is 11.8 Å². The number of hydrogen-bond donors (Lipinski definition) is 1. The molecule has 4 aromatic rings. The highest BCUT2D eigenvalue weighted by Crippen LogP contribution is 2.34. The van der Waals surface area contributed by atoms with Gasteiger partial charge in [0.2, 0.25) is 0 Å². The Morgan fingerprint density at radius 3 is 2.27 bits per heavy atom. The lowest BCUT2D eigenvalue weighted by molar-refractivity contribution is -0.137. The summed E-state index contributed by atoms with van der Waals surface area (Å²) in [6.07, 6.45) is 0. The third-order valence-corrected chi connectivity index (χ3v) is 5.89. The zero-order chi connectivity index (χ0) is 22.9. The van der Waals surface area contributed by atoms with E-state index in [1.165, 1.54) is 6.07 Å². The molecule has 0 aliphatic carbocycles. The highest BCUT2D eigenvalue weighted by atomic mass is 35.5. The summed E-state index contributed by atoms with van der Waals surface area (Å²) in [5, 5.41) is 5.62. The van der Waals surface area contributed by atoms with Crippen LogP contribution in [0.1, 0.15) is 11.1 Å². The fraction of sp³-hybridized carbons (Fsp3) is 0.0370. The molecule has 1 heterocycles. The Hall–Kier alpha value is -3.96. The predicted octanol–water partition coefficient (Wildman–Crippen LogP) is 6.02. The van der Waals surface area contributed by atoms with Crippen molar-refractivity contribution in [1.29, 1.82) is 0 Å². The van der Waals surface area contributed by atoms with Gasteiger partial charge in [-0.25, -0.2) is 4.39 Å². The molecular weight excluding hydrogens is 439 g/mol. The Labute approximate surface area is 194 Å². The van der Waals surface area contributed by atoms with Crippen LogP contribution in [0.25, 0.3) is 16.3 Å². The van der Waals surface area contributed by atoms with Gasteiger partial charge in [-0.2, -0.15) is 0 Å². The summed E-state index contributed by atoms with van der Waals surface area (Å²) >= 11 is 6.03. The van der Waals surface area contributed by atoms with Crippen molar-refractivity contribution < 1.29 is 14.0 Å². The Morgan fingerprint density at radius 2 is 1.48 bits per heavy atom. The lowest BCUT2D eigenvalue weighted by Gasteiger charge is -2.16. The van der Waals surface area contributed by atoms with E-state index < -0.39 is 17.6 Å². The first kappa shape index (κ1) is 20.9. The van der Waals surface area contributed by atoms with Crippen LogP contribution < -0.4 is 5.32 Å². The lowest BCUT2D eigenvalue weighted by Crippen LogP contribution is -2.32. The number of fused-ring (bicyclic) bond motifs is 1. The first-order valence-electron chi connectivity index (χ1n) is 10.4. The average Bonchev–Trinajstić information content (AvgIpc) is 3.05. The molecule has 0 fully saturated rings. The van der Waals surface area contributed by atoms with Gasteiger partial charge in [-0.3, -0.25) is 14.5 Å². The van der Waals surface area contributed by atoms with Crippen molar-refractivity contribution >= 4 is 45.4 Å². The van der Waals surface area contributed by atoms with E-state index in [-0.39, 0.29) is 23.4 Å². The van der Waals surface area contributed by atoms with Crippen LogP contribution in [0.4, 0.5) is 10.1 Å². The normalized spacial score (nSPS) is 13.8. The monoisotopic (exact) mass is 456 g/mol. The van der Waals surface area contributed by atoms with Crippen LogP contribution in [0.15, 0.2) is 96.7 Å². The molecule has 4 nitrogen and oxygen atoms in total. The van der Waals surface area contributed by atoms with Crippen LogP contribution in [0, 0.1) is 5.82 Å². The van der Waals surface area contributed by atoms with E-state index >= 15 is 0 Å². The summed E-state index contributed by atoms with van der Waals surface area (Å²) in [4.78, 5) is 28.0. The molecular formula is C27H18ClFN2O2. The van der Waals surface area contributed by atoms with Crippen LogP contribution in [0.5, 0.6) is 0 Å². The van der Waals surface area contributed by atoms with Gasteiger partial charge in [0.05, 0.1) is 12.1 Å². The first-order chi connectivity index (χ1) is 16.0. The number of imide groups is 1. The number of benzene rings is 4. The second kappa shape index (κ2) is 8.52. The molecule has 162 valence electrons. The summed E-state index contributed by atoms with van der Waals surface area (Å²) in [7, 11) is 0. The quantitative estimate of drug-likeness (QED) is 0.373. The maximum Gasteiger partial charge on any atom is 0.278 e. The summed E-state index contributed by atoms with van der Waals surface area (Å²) in [6.45, 7) is -0.165. The maximum atomic E-state index is 14.3. The van der Waals surface area contributed by atoms with Crippen molar-refractivity contribution in [2.45, 2.75) is 6.54 Å². The fourth-order valence-corrected chi connectivity index (χ4v) is 4.11. The third kappa shape index (κ3) is 3.88. The van der Waals surface area contributed by atoms with Crippen molar-refractivity contribution in [1.82, 2.24) is 4.90 Å². The van der Waals surface area contributed by atoms with Gasteiger partial charge in [-0.15, -0.1) is 0 Å². The van der Waals surface area contributed by atoms with Crippen LogP contribution in [0.2, 0.25) is 5.02 Å². The minimum absolute atomic E-state index is 0.148. The molecule has 33 heavy (non-hydrogen) atoms. The van der Waals surface area contributed by atoms with Crippen molar-refractivity contribution in [3.05, 3.63) is 119 Å². The Balaban J connectivity index is 1.60. The SMILES string of the molecule is O=C1C(Nc2cccc3ccccc23)=C(c2ccc(Cl)cc2)C(=O)N1Cc1ccccc1F. The van der Waals surface area contributed by atoms with Crippen LogP contribution >= 0.6 is 11.6 Å². The van der Waals surface area contributed by atoms with E-state index in [4.69, 9.17) is 11.6 Å². The van der Waals surface area contributed by atoms with Crippen molar-refractivity contribution in [2.24, 2.45) is 0 Å². The van der Waals surface area contributed by atoms with Gasteiger partial charge < -0.3 is 5.32 Å². The number of rotatable bonds is 5. The topological polar surface area (TPSA) is 49.4 Å². The average molecular weight is 457 g/mol. The van der Waals surface area contributed by atoms with Crippen LogP contribution in [-0.2, 0) is 16.1 Å². The minimum Gasteiger partial charge on any atom is -0.350 e. The van der Waals surface area contributed by atoms with E-state index in [9.17, 15) is 14.0 Å². The van der Waals surface area contributed by atoms with E-state index in [0.717, 1.165) is 15.7 Å². The molecule has 2 amide bonds. The lowest BCUT2D eigenvalue weighted by atomic mass is 10.0. The second-order valence-electron chi connectivity index (χ2n) is 7.70. The number of amides is 2. The Kier molecular flexibility index (Phi) is 5.40. The molecule has 0 radical (unpaired) electrons. The highest BCUT2D eigenvalue weighted by Gasteiger charge is 2.39. The number of anilines is 1.